The average molecular weight is 349 g/mol. The van der Waals surface area contributed by atoms with Crippen LogP contribution < -0.4 is 10.1 Å². The van der Waals surface area contributed by atoms with Crippen LogP contribution in [0, 0.1) is 5.82 Å². The number of fused-ring (bicyclic) bond motifs is 1. The van der Waals surface area contributed by atoms with Crippen LogP contribution in [0.5, 0.6) is 5.75 Å². The van der Waals surface area contributed by atoms with Crippen LogP contribution in [-0.2, 0) is 6.54 Å². The molecule has 1 N–H and O–H groups in total. The van der Waals surface area contributed by atoms with Gasteiger partial charge in [-0.2, -0.15) is 0 Å². The zero-order valence-corrected chi connectivity index (χ0v) is 14.0. The number of para-hydroxylation sites is 1. The predicted molar refractivity (Wildman–Crippen MR) is 90.7 cm³/mol. The molecule has 0 unspecified atom stereocenters. The predicted octanol–water partition coefficient (Wildman–Crippen LogP) is 4.14. The third-order valence-corrected chi connectivity index (χ3v) is 4.41. The summed E-state index contributed by atoms with van der Waals surface area (Å²) in [7, 11) is 1.61. The molecule has 0 saturated carbocycles. The van der Waals surface area contributed by atoms with Gasteiger partial charge in [0.2, 0.25) is 0 Å². The van der Waals surface area contributed by atoms with Gasteiger partial charge >= 0.3 is 6.03 Å². The number of benzene rings is 2. The molecular formula is C18H18ClFN2O2. The maximum atomic E-state index is 13.9. The van der Waals surface area contributed by atoms with Crippen molar-refractivity contribution >= 4 is 17.6 Å². The lowest BCUT2D eigenvalue weighted by Crippen LogP contribution is -2.40. The van der Waals surface area contributed by atoms with E-state index in [2.05, 4.69) is 5.32 Å². The highest BCUT2D eigenvalue weighted by molar-refractivity contribution is 6.31. The van der Waals surface area contributed by atoms with Crippen LogP contribution in [0.2, 0.25) is 5.02 Å². The fraction of sp³-hybridized carbons (Fsp3) is 0.278. The van der Waals surface area contributed by atoms with Crippen molar-refractivity contribution in [1.82, 2.24) is 10.2 Å². The Kier molecular flexibility index (Phi) is 4.90. The summed E-state index contributed by atoms with van der Waals surface area (Å²) in [6.07, 6.45) is 0.692. The highest BCUT2D eigenvalue weighted by Crippen LogP contribution is 2.31. The number of carbonyl (C=O) groups excluding carboxylic acids is 1. The van der Waals surface area contributed by atoms with Gasteiger partial charge in [0.05, 0.1) is 19.2 Å². The first-order valence-corrected chi connectivity index (χ1v) is 8.10. The molecule has 0 aromatic heterocycles. The van der Waals surface area contributed by atoms with Gasteiger partial charge in [-0.1, -0.05) is 35.9 Å². The van der Waals surface area contributed by atoms with Gasteiger partial charge in [0.25, 0.3) is 0 Å². The van der Waals surface area contributed by atoms with E-state index in [1.807, 2.05) is 24.3 Å². The molecule has 0 fully saturated rings. The summed E-state index contributed by atoms with van der Waals surface area (Å²) in [6, 6.07) is 11.7. The number of amides is 2. The van der Waals surface area contributed by atoms with Crippen molar-refractivity contribution in [3.8, 4) is 5.75 Å². The molecule has 0 bridgehead atoms. The van der Waals surface area contributed by atoms with E-state index in [0.29, 0.717) is 23.6 Å². The third kappa shape index (κ3) is 3.46. The first-order valence-electron chi connectivity index (χ1n) is 7.72. The standard InChI is InChI=1S/C18H18ClFN2O2/c1-22(11-13-14(19)6-4-7-15(13)20)18(23)21-16-9-10-24-17-8-3-2-5-12(16)17/h2-8,16H,9-11H2,1H3,(H,21,23)/t16-/m0/s1. The summed E-state index contributed by atoms with van der Waals surface area (Å²) in [6.45, 7) is 0.646. The van der Waals surface area contributed by atoms with Gasteiger partial charge in [0, 0.05) is 29.6 Å². The minimum absolute atomic E-state index is 0.0994. The molecule has 6 heteroatoms. The van der Waals surface area contributed by atoms with E-state index in [1.165, 1.54) is 11.0 Å². The van der Waals surface area contributed by atoms with Gasteiger partial charge < -0.3 is 15.0 Å². The number of hydrogen-bond acceptors (Lipinski definition) is 2. The van der Waals surface area contributed by atoms with Gasteiger partial charge in [-0.3, -0.25) is 0 Å². The highest BCUT2D eigenvalue weighted by atomic mass is 35.5. The Labute approximate surface area is 145 Å². The summed E-state index contributed by atoms with van der Waals surface area (Å²) in [5.74, 6) is 0.368. The van der Waals surface area contributed by atoms with Crippen molar-refractivity contribution in [3.63, 3.8) is 0 Å². The molecule has 1 aliphatic heterocycles. The van der Waals surface area contributed by atoms with E-state index in [4.69, 9.17) is 16.3 Å². The Bertz CT molecular complexity index is 733. The van der Waals surface area contributed by atoms with Crippen molar-refractivity contribution in [1.29, 1.82) is 0 Å². The topological polar surface area (TPSA) is 41.6 Å². The summed E-state index contributed by atoms with van der Waals surface area (Å²) < 4.78 is 19.5. The molecule has 0 radical (unpaired) electrons. The minimum Gasteiger partial charge on any atom is -0.493 e. The van der Waals surface area contributed by atoms with Crippen LogP contribution in [0.3, 0.4) is 0 Å². The number of rotatable bonds is 3. The number of halogens is 2. The van der Waals surface area contributed by atoms with E-state index in [0.717, 1.165) is 11.3 Å². The molecule has 1 atom stereocenters. The second-order valence-electron chi connectivity index (χ2n) is 5.73. The monoisotopic (exact) mass is 348 g/mol. The molecule has 0 aliphatic carbocycles. The minimum atomic E-state index is -0.418. The molecule has 1 heterocycles. The second-order valence-corrected chi connectivity index (χ2v) is 6.14. The lowest BCUT2D eigenvalue weighted by atomic mass is 10.0. The van der Waals surface area contributed by atoms with E-state index in [1.54, 1.807) is 19.2 Å². The Balaban J connectivity index is 1.69. The molecular weight excluding hydrogens is 331 g/mol. The summed E-state index contributed by atoms with van der Waals surface area (Å²) in [4.78, 5) is 13.9. The maximum absolute atomic E-state index is 13.9. The van der Waals surface area contributed by atoms with Crippen LogP contribution in [0.4, 0.5) is 9.18 Å². The Morgan fingerprint density at radius 1 is 1.33 bits per heavy atom. The summed E-state index contributed by atoms with van der Waals surface area (Å²) in [5.41, 5.74) is 1.26. The van der Waals surface area contributed by atoms with Crippen molar-refractivity contribution in [2.45, 2.75) is 19.0 Å². The van der Waals surface area contributed by atoms with Crippen LogP contribution >= 0.6 is 11.6 Å². The first kappa shape index (κ1) is 16.6. The number of nitrogens with zero attached hydrogens (tertiary/aromatic N) is 1. The van der Waals surface area contributed by atoms with Crippen LogP contribution in [-0.4, -0.2) is 24.6 Å². The van der Waals surface area contributed by atoms with E-state index >= 15 is 0 Å². The molecule has 24 heavy (non-hydrogen) atoms. The fourth-order valence-electron chi connectivity index (χ4n) is 2.74. The number of urea groups is 1. The average Bonchev–Trinajstić information content (AvgIpc) is 2.58. The first-order chi connectivity index (χ1) is 11.6. The molecule has 2 aromatic carbocycles. The highest BCUT2D eigenvalue weighted by Gasteiger charge is 2.24. The van der Waals surface area contributed by atoms with Gasteiger partial charge in [-0.25, -0.2) is 9.18 Å². The molecule has 126 valence electrons. The van der Waals surface area contributed by atoms with Crippen molar-refractivity contribution in [2.24, 2.45) is 0 Å². The van der Waals surface area contributed by atoms with Crippen LogP contribution in [0.15, 0.2) is 42.5 Å². The number of carbonyl (C=O) groups is 1. The van der Waals surface area contributed by atoms with Gasteiger partial charge in [0.1, 0.15) is 11.6 Å². The van der Waals surface area contributed by atoms with E-state index < -0.39 is 5.82 Å². The summed E-state index contributed by atoms with van der Waals surface area (Å²) >= 11 is 6.02. The molecule has 4 nitrogen and oxygen atoms in total. The van der Waals surface area contributed by atoms with Crippen molar-refractivity contribution < 1.29 is 13.9 Å². The fourth-order valence-corrected chi connectivity index (χ4v) is 2.97. The number of ether oxygens (including phenoxy) is 1. The van der Waals surface area contributed by atoms with Gasteiger partial charge in [-0.15, -0.1) is 0 Å². The molecule has 0 spiro atoms. The van der Waals surface area contributed by atoms with Gasteiger partial charge in [0.15, 0.2) is 0 Å². The Hall–Kier alpha value is -2.27. The normalized spacial score (nSPS) is 16.0. The van der Waals surface area contributed by atoms with Crippen molar-refractivity contribution in [3.05, 3.63) is 64.4 Å². The molecule has 2 aromatic rings. The molecule has 1 aliphatic rings. The number of nitrogens with one attached hydrogen (secondary N) is 1. The zero-order chi connectivity index (χ0) is 17.1. The lowest BCUT2D eigenvalue weighted by Gasteiger charge is -2.28. The zero-order valence-electron chi connectivity index (χ0n) is 13.3. The molecule has 3 rings (SSSR count). The quantitative estimate of drug-likeness (QED) is 0.905. The second kappa shape index (κ2) is 7.09. The van der Waals surface area contributed by atoms with Crippen LogP contribution in [0.25, 0.3) is 0 Å². The SMILES string of the molecule is CN(Cc1c(F)cccc1Cl)C(=O)N[C@H]1CCOc2ccccc21. The van der Waals surface area contributed by atoms with E-state index in [9.17, 15) is 9.18 Å². The molecule has 0 saturated heterocycles. The molecule has 2 amide bonds. The van der Waals surface area contributed by atoms with Gasteiger partial charge in [-0.05, 0) is 18.2 Å². The number of hydrogen-bond donors (Lipinski definition) is 1. The third-order valence-electron chi connectivity index (χ3n) is 4.06. The summed E-state index contributed by atoms with van der Waals surface area (Å²) in [5, 5.41) is 3.29. The van der Waals surface area contributed by atoms with E-state index in [-0.39, 0.29) is 18.6 Å². The van der Waals surface area contributed by atoms with Crippen LogP contribution in [0.1, 0.15) is 23.6 Å². The largest absolute Gasteiger partial charge is 0.493 e. The maximum Gasteiger partial charge on any atom is 0.317 e. The van der Waals surface area contributed by atoms with Crippen molar-refractivity contribution in [2.75, 3.05) is 13.7 Å². The lowest BCUT2D eigenvalue weighted by molar-refractivity contribution is 0.193. The Morgan fingerprint density at radius 3 is 2.92 bits per heavy atom. The smallest absolute Gasteiger partial charge is 0.317 e. The Morgan fingerprint density at radius 2 is 2.12 bits per heavy atom.